The molecule has 0 radical (unpaired) electrons. The van der Waals surface area contributed by atoms with Gasteiger partial charge in [-0.3, -0.25) is 0 Å². The van der Waals surface area contributed by atoms with Gasteiger partial charge in [-0.2, -0.15) is 0 Å². The van der Waals surface area contributed by atoms with Crippen LogP contribution in [-0.4, -0.2) is 21.4 Å². The Kier molecular flexibility index (Phi) is 2.14. The lowest BCUT2D eigenvalue weighted by Crippen LogP contribution is -2.19. The number of hydrogen-bond acceptors (Lipinski definition) is 4. The summed E-state index contributed by atoms with van der Waals surface area (Å²) < 4.78 is 0. The van der Waals surface area contributed by atoms with Crippen molar-refractivity contribution >= 4 is 11.7 Å². The first-order valence-corrected chi connectivity index (χ1v) is 3.32. The van der Waals surface area contributed by atoms with Gasteiger partial charge in [-0.15, -0.1) is 0 Å². The lowest BCUT2D eigenvalue weighted by Gasteiger charge is -2.07. The smallest absolute Gasteiger partial charge is 0.316 e. The first kappa shape index (κ1) is 8.98. The van der Waals surface area contributed by atoms with Crippen LogP contribution in [0.5, 0.6) is 17.2 Å². The van der Waals surface area contributed by atoms with Gasteiger partial charge in [0.15, 0.2) is 0 Å². The number of amides is 2. The van der Waals surface area contributed by atoms with Crippen molar-refractivity contribution in [1.82, 2.24) is 0 Å². The summed E-state index contributed by atoms with van der Waals surface area (Å²) in [5, 5.41) is 29.1. The van der Waals surface area contributed by atoms with E-state index in [4.69, 9.17) is 21.1 Å². The van der Waals surface area contributed by atoms with E-state index in [1.54, 1.807) is 0 Å². The van der Waals surface area contributed by atoms with Crippen LogP contribution in [0.4, 0.5) is 10.5 Å². The van der Waals surface area contributed by atoms with E-state index in [2.05, 4.69) is 0 Å². The zero-order valence-electron chi connectivity index (χ0n) is 6.48. The highest BCUT2D eigenvalue weighted by Crippen LogP contribution is 2.36. The predicted molar refractivity (Wildman–Crippen MR) is 44.6 cm³/mol. The van der Waals surface area contributed by atoms with E-state index in [1.165, 1.54) is 0 Å². The van der Waals surface area contributed by atoms with Crippen LogP contribution in [-0.2, 0) is 0 Å². The Morgan fingerprint density at radius 2 is 1.69 bits per heavy atom. The first-order valence-electron chi connectivity index (χ1n) is 3.32. The number of anilines is 1. The molecule has 0 saturated heterocycles. The predicted octanol–water partition coefficient (Wildman–Crippen LogP) is 0.294. The molecule has 0 fully saturated rings. The number of rotatable bonds is 1. The monoisotopic (exact) mass is 184 g/mol. The Morgan fingerprint density at radius 3 is 2.08 bits per heavy atom. The van der Waals surface area contributed by atoms with E-state index in [-0.39, 0.29) is 11.4 Å². The number of phenolic OH excluding ortho intramolecular Hbond substituents is 3. The highest BCUT2D eigenvalue weighted by molar-refractivity contribution is 5.91. The number of hydrogen-bond donors (Lipinski definition) is 5. The highest BCUT2D eigenvalue weighted by atomic mass is 16.3. The number of carbonyl (C=O) groups excluding carboxylic acids is 1. The summed E-state index contributed by atoms with van der Waals surface area (Å²) in [6.45, 7) is 0. The lowest BCUT2D eigenvalue weighted by molar-refractivity contribution is 0.259. The largest absolute Gasteiger partial charge is 0.508 e. The summed E-state index contributed by atoms with van der Waals surface area (Å²) in [5.41, 5.74) is 4.53. The van der Waals surface area contributed by atoms with Crippen molar-refractivity contribution in [3.05, 3.63) is 12.1 Å². The van der Waals surface area contributed by atoms with E-state index in [0.29, 0.717) is 0 Å². The van der Waals surface area contributed by atoms with Crippen LogP contribution in [0.1, 0.15) is 0 Å². The minimum absolute atomic E-state index is 0.231. The first-order chi connectivity index (χ1) is 6.00. The zero-order valence-corrected chi connectivity index (χ0v) is 6.48. The van der Waals surface area contributed by atoms with Crippen LogP contribution in [0.3, 0.4) is 0 Å². The molecule has 0 bridgehead atoms. The van der Waals surface area contributed by atoms with Crippen LogP contribution in [0.15, 0.2) is 12.1 Å². The Hall–Kier alpha value is -2.11. The molecule has 13 heavy (non-hydrogen) atoms. The van der Waals surface area contributed by atoms with E-state index in [9.17, 15) is 4.79 Å². The number of primary amides is 1. The topological polar surface area (TPSA) is 116 Å². The summed E-state index contributed by atoms with van der Waals surface area (Å²) in [7, 11) is 0. The summed E-state index contributed by atoms with van der Waals surface area (Å²) in [6.07, 6.45) is 0. The lowest BCUT2D eigenvalue weighted by atomic mass is 10.2. The summed E-state index contributed by atoms with van der Waals surface area (Å²) in [5.74, 6) is -1.24. The van der Waals surface area contributed by atoms with Gasteiger partial charge in [-0.05, 0) is 0 Å². The molecule has 0 heterocycles. The van der Waals surface area contributed by atoms with E-state index < -0.39 is 17.5 Å². The molecule has 1 aromatic carbocycles. The highest BCUT2D eigenvalue weighted by Gasteiger charge is 2.10. The molecule has 0 saturated carbocycles. The maximum absolute atomic E-state index is 10.4. The standard InChI is InChI=1S/C7H8N2O4/c8-7(13)9-6-4(11)1-3(10)2-5(6)12/h1-2,10-12H,(H3,8,9,13). The van der Waals surface area contributed by atoms with Crippen LogP contribution in [0.2, 0.25) is 0 Å². The van der Waals surface area contributed by atoms with Crippen LogP contribution >= 0.6 is 0 Å². The fraction of sp³-hybridized carbons (Fsp3) is 0. The molecular weight excluding hydrogens is 176 g/mol. The maximum Gasteiger partial charge on any atom is 0.316 e. The quantitative estimate of drug-likeness (QED) is 0.318. The third-order valence-electron chi connectivity index (χ3n) is 1.33. The van der Waals surface area contributed by atoms with Crippen molar-refractivity contribution < 1.29 is 20.1 Å². The van der Waals surface area contributed by atoms with Gasteiger partial charge in [0, 0.05) is 12.1 Å². The maximum atomic E-state index is 10.4. The molecule has 70 valence electrons. The fourth-order valence-electron chi connectivity index (χ4n) is 0.849. The Balaban J connectivity index is 3.13. The average molecular weight is 184 g/mol. The Labute approximate surface area is 73.2 Å². The van der Waals surface area contributed by atoms with Gasteiger partial charge in [0.05, 0.1) is 0 Å². The van der Waals surface area contributed by atoms with Gasteiger partial charge in [0.2, 0.25) is 0 Å². The normalized spacial score (nSPS) is 9.54. The molecule has 0 spiro atoms. The van der Waals surface area contributed by atoms with Crippen LogP contribution in [0.25, 0.3) is 0 Å². The van der Waals surface area contributed by atoms with Crippen molar-refractivity contribution in [2.24, 2.45) is 5.73 Å². The molecule has 1 aromatic rings. The van der Waals surface area contributed by atoms with E-state index in [0.717, 1.165) is 12.1 Å². The van der Waals surface area contributed by atoms with Gasteiger partial charge in [-0.1, -0.05) is 0 Å². The number of phenols is 3. The number of carbonyl (C=O) groups is 1. The average Bonchev–Trinajstić information content (AvgIpc) is 1.96. The van der Waals surface area contributed by atoms with Gasteiger partial charge in [-0.25, -0.2) is 4.79 Å². The number of nitrogens with one attached hydrogen (secondary N) is 1. The second kappa shape index (κ2) is 3.10. The molecule has 0 aliphatic heterocycles. The third kappa shape index (κ3) is 1.92. The second-order valence-corrected chi connectivity index (χ2v) is 2.35. The van der Waals surface area contributed by atoms with Gasteiger partial charge >= 0.3 is 6.03 Å². The van der Waals surface area contributed by atoms with Crippen molar-refractivity contribution in [2.75, 3.05) is 5.32 Å². The van der Waals surface area contributed by atoms with Crippen molar-refractivity contribution in [3.63, 3.8) is 0 Å². The summed E-state index contributed by atoms with van der Waals surface area (Å²) >= 11 is 0. The minimum Gasteiger partial charge on any atom is -0.508 e. The van der Waals surface area contributed by atoms with Crippen molar-refractivity contribution in [2.45, 2.75) is 0 Å². The molecular formula is C7H8N2O4. The molecule has 1 rings (SSSR count). The number of urea groups is 1. The van der Waals surface area contributed by atoms with E-state index >= 15 is 0 Å². The molecule has 0 aliphatic rings. The number of benzene rings is 1. The molecule has 2 amide bonds. The molecule has 0 unspecified atom stereocenters. The number of aromatic hydroxyl groups is 3. The summed E-state index contributed by atoms with van der Waals surface area (Å²) in [4.78, 5) is 10.4. The Morgan fingerprint density at radius 1 is 1.23 bits per heavy atom. The van der Waals surface area contributed by atoms with Gasteiger partial charge in [0.1, 0.15) is 22.9 Å². The minimum atomic E-state index is -0.920. The molecule has 0 aliphatic carbocycles. The fourth-order valence-corrected chi connectivity index (χ4v) is 0.849. The van der Waals surface area contributed by atoms with Crippen molar-refractivity contribution in [3.8, 4) is 17.2 Å². The summed E-state index contributed by atoms with van der Waals surface area (Å²) in [6, 6.07) is 1.01. The Bertz CT molecular complexity index is 327. The molecule has 0 atom stereocenters. The van der Waals surface area contributed by atoms with Crippen molar-refractivity contribution in [1.29, 1.82) is 0 Å². The molecule has 0 aromatic heterocycles. The SMILES string of the molecule is NC(=O)Nc1c(O)cc(O)cc1O. The second-order valence-electron chi connectivity index (χ2n) is 2.35. The van der Waals surface area contributed by atoms with E-state index in [1.807, 2.05) is 5.32 Å². The van der Waals surface area contributed by atoms with Gasteiger partial charge in [0.25, 0.3) is 0 Å². The molecule has 6 N–H and O–H groups in total. The molecule has 6 nitrogen and oxygen atoms in total. The van der Waals surface area contributed by atoms with Crippen LogP contribution < -0.4 is 11.1 Å². The number of nitrogens with two attached hydrogens (primary N) is 1. The van der Waals surface area contributed by atoms with Crippen LogP contribution in [0, 0.1) is 0 Å². The zero-order chi connectivity index (χ0) is 10.0. The third-order valence-corrected chi connectivity index (χ3v) is 1.33. The molecule has 6 heteroatoms. The van der Waals surface area contributed by atoms with Gasteiger partial charge < -0.3 is 26.4 Å².